The first kappa shape index (κ1) is 7.41. The smallest absolute Gasteiger partial charge is 0.0261 e. The van der Waals surface area contributed by atoms with Gasteiger partial charge in [-0.1, -0.05) is 13.8 Å². The van der Waals surface area contributed by atoms with Crippen LogP contribution >= 0.6 is 0 Å². The zero-order valence-electron chi connectivity index (χ0n) is 8.34. The molecule has 3 fully saturated rings. The molecule has 3 aliphatic rings. The summed E-state index contributed by atoms with van der Waals surface area (Å²) in [6.45, 7) is 4.98. The fraction of sp³-hybridized carbons (Fsp3) is 1.00. The molecule has 68 valence electrons. The third-order valence-corrected chi connectivity index (χ3v) is 5.38. The standard InChI is InChI=1S/C12H20/c1-8-6-12-4-3-10(7-12)5-11(12)9(8)2/h8-11H,3-7H2,1-2H3. The predicted octanol–water partition coefficient (Wildman–Crippen LogP) is 3.47. The van der Waals surface area contributed by atoms with Crippen LogP contribution in [0.2, 0.25) is 0 Å². The molecule has 0 saturated heterocycles. The lowest BCUT2D eigenvalue weighted by Gasteiger charge is -2.30. The maximum atomic E-state index is 2.50. The lowest BCUT2D eigenvalue weighted by Crippen LogP contribution is -2.21. The van der Waals surface area contributed by atoms with Crippen LogP contribution in [0.25, 0.3) is 0 Å². The third kappa shape index (κ3) is 0.701. The van der Waals surface area contributed by atoms with Crippen molar-refractivity contribution in [3.63, 3.8) is 0 Å². The van der Waals surface area contributed by atoms with Crippen LogP contribution in [0.1, 0.15) is 46.0 Å². The molecule has 0 aliphatic heterocycles. The Labute approximate surface area is 75.7 Å². The van der Waals surface area contributed by atoms with E-state index in [1.165, 1.54) is 0 Å². The van der Waals surface area contributed by atoms with Crippen LogP contribution < -0.4 is 0 Å². The normalized spacial score (nSPS) is 62.5. The van der Waals surface area contributed by atoms with Crippen molar-refractivity contribution in [2.45, 2.75) is 46.0 Å². The Morgan fingerprint density at radius 2 is 2.00 bits per heavy atom. The second-order valence-corrected chi connectivity index (χ2v) is 5.85. The van der Waals surface area contributed by atoms with Gasteiger partial charge in [0.05, 0.1) is 0 Å². The number of rotatable bonds is 0. The quantitative estimate of drug-likeness (QED) is 0.514. The van der Waals surface area contributed by atoms with E-state index >= 15 is 0 Å². The van der Waals surface area contributed by atoms with Gasteiger partial charge in [-0.15, -0.1) is 0 Å². The van der Waals surface area contributed by atoms with Gasteiger partial charge in [-0.2, -0.15) is 0 Å². The Bertz CT molecular complexity index is 208. The summed E-state index contributed by atoms with van der Waals surface area (Å²) in [5, 5.41) is 0. The Kier molecular flexibility index (Phi) is 1.28. The molecule has 0 amide bonds. The summed E-state index contributed by atoms with van der Waals surface area (Å²) in [6.07, 6.45) is 7.90. The monoisotopic (exact) mass is 164 g/mol. The fourth-order valence-corrected chi connectivity index (χ4v) is 4.75. The van der Waals surface area contributed by atoms with Gasteiger partial charge in [0.25, 0.3) is 0 Å². The van der Waals surface area contributed by atoms with E-state index in [-0.39, 0.29) is 0 Å². The Morgan fingerprint density at radius 3 is 2.67 bits per heavy atom. The SMILES string of the molecule is CC1CC23CCC(CC2C1C)C3. The average Bonchev–Trinajstić information content (AvgIpc) is 2.63. The highest BCUT2D eigenvalue weighted by Crippen LogP contribution is 2.67. The average molecular weight is 164 g/mol. The molecule has 3 aliphatic carbocycles. The van der Waals surface area contributed by atoms with Crippen LogP contribution in [0.15, 0.2) is 0 Å². The molecule has 0 heteroatoms. The molecule has 2 bridgehead atoms. The van der Waals surface area contributed by atoms with E-state index in [0.717, 1.165) is 29.1 Å². The van der Waals surface area contributed by atoms with Crippen molar-refractivity contribution in [1.82, 2.24) is 0 Å². The van der Waals surface area contributed by atoms with Gasteiger partial charge >= 0.3 is 0 Å². The third-order valence-electron chi connectivity index (χ3n) is 5.38. The van der Waals surface area contributed by atoms with Gasteiger partial charge in [0.15, 0.2) is 0 Å². The first-order valence-corrected chi connectivity index (χ1v) is 5.71. The van der Waals surface area contributed by atoms with Gasteiger partial charge in [0.1, 0.15) is 0 Å². The molecule has 0 radical (unpaired) electrons. The van der Waals surface area contributed by atoms with Gasteiger partial charge in [-0.05, 0) is 61.2 Å². The van der Waals surface area contributed by atoms with Crippen LogP contribution in [-0.2, 0) is 0 Å². The van der Waals surface area contributed by atoms with E-state index in [0.29, 0.717) is 0 Å². The first-order valence-electron chi connectivity index (χ1n) is 5.71. The highest BCUT2D eigenvalue weighted by Gasteiger charge is 2.58. The van der Waals surface area contributed by atoms with Crippen LogP contribution in [0, 0.1) is 29.1 Å². The maximum absolute atomic E-state index is 2.50. The minimum absolute atomic E-state index is 0.865. The maximum Gasteiger partial charge on any atom is -0.0261 e. The molecule has 5 unspecified atom stereocenters. The van der Waals surface area contributed by atoms with Gasteiger partial charge in [-0.3, -0.25) is 0 Å². The molecule has 0 heterocycles. The van der Waals surface area contributed by atoms with Crippen molar-refractivity contribution in [3.05, 3.63) is 0 Å². The Morgan fingerprint density at radius 1 is 1.17 bits per heavy atom. The molecule has 1 spiro atoms. The first-order chi connectivity index (χ1) is 5.71. The van der Waals surface area contributed by atoms with Gasteiger partial charge in [0.2, 0.25) is 0 Å². The molecular formula is C12H20. The van der Waals surface area contributed by atoms with E-state index in [1.807, 2.05) is 0 Å². The highest BCUT2D eigenvalue weighted by molar-refractivity contribution is 5.08. The largest absolute Gasteiger partial charge is 0.0622 e. The molecule has 0 N–H and O–H groups in total. The van der Waals surface area contributed by atoms with Crippen LogP contribution in [0.4, 0.5) is 0 Å². The van der Waals surface area contributed by atoms with Crippen LogP contribution in [0.3, 0.4) is 0 Å². The summed E-state index contributed by atoms with van der Waals surface area (Å²) >= 11 is 0. The van der Waals surface area contributed by atoms with Crippen molar-refractivity contribution < 1.29 is 0 Å². The minimum atomic E-state index is 0.865. The molecule has 0 aromatic heterocycles. The summed E-state index contributed by atoms with van der Waals surface area (Å²) in [5.74, 6) is 4.33. The fourth-order valence-electron chi connectivity index (χ4n) is 4.75. The van der Waals surface area contributed by atoms with E-state index in [2.05, 4.69) is 13.8 Å². The van der Waals surface area contributed by atoms with Crippen molar-refractivity contribution in [3.8, 4) is 0 Å². The summed E-state index contributed by atoms with van der Waals surface area (Å²) in [6, 6.07) is 0. The molecule has 0 aromatic rings. The molecule has 5 atom stereocenters. The zero-order valence-corrected chi connectivity index (χ0v) is 8.34. The summed E-state index contributed by atoms with van der Waals surface area (Å²) in [4.78, 5) is 0. The summed E-state index contributed by atoms with van der Waals surface area (Å²) < 4.78 is 0. The topological polar surface area (TPSA) is 0 Å². The molecular weight excluding hydrogens is 144 g/mol. The molecule has 3 rings (SSSR count). The van der Waals surface area contributed by atoms with Gasteiger partial charge in [0, 0.05) is 0 Å². The second-order valence-electron chi connectivity index (χ2n) is 5.85. The number of hydrogen-bond donors (Lipinski definition) is 0. The predicted molar refractivity (Wildman–Crippen MR) is 50.8 cm³/mol. The van der Waals surface area contributed by atoms with Gasteiger partial charge < -0.3 is 0 Å². The number of fused-ring (bicyclic) bond motifs is 1. The van der Waals surface area contributed by atoms with Crippen molar-refractivity contribution in [1.29, 1.82) is 0 Å². The zero-order chi connectivity index (χ0) is 8.34. The minimum Gasteiger partial charge on any atom is -0.0622 e. The molecule has 0 nitrogen and oxygen atoms in total. The second kappa shape index (κ2) is 2.08. The van der Waals surface area contributed by atoms with Crippen LogP contribution in [0.5, 0.6) is 0 Å². The molecule has 3 saturated carbocycles. The van der Waals surface area contributed by atoms with Gasteiger partial charge in [-0.25, -0.2) is 0 Å². The van der Waals surface area contributed by atoms with E-state index in [4.69, 9.17) is 0 Å². The van der Waals surface area contributed by atoms with Crippen molar-refractivity contribution in [2.75, 3.05) is 0 Å². The lowest BCUT2D eigenvalue weighted by atomic mass is 9.75. The van der Waals surface area contributed by atoms with E-state index in [9.17, 15) is 0 Å². The van der Waals surface area contributed by atoms with E-state index in [1.54, 1.807) is 32.1 Å². The van der Waals surface area contributed by atoms with Crippen molar-refractivity contribution in [2.24, 2.45) is 29.1 Å². The lowest BCUT2D eigenvalue weighted by molar-refractivity contribution is 0.197. The number of hydrogen-bond acceptors (Lipinski definition) is 0. The highest BCUT2D eigenvalue weighted by atomic mass is 14.6. The Hall–Kier alpha value is 0. The summed E-state index contributed by atoms with van der Waals surface area (Å²) in [5.41, 5.74) is 0.865. The molecule has 0 aromatic carbocycles. The summed E-state index contributed by atoms with van der Waals surface area (Å²) in [7, 11) is 0. The van der Waals surface area contributed by atoms with Crippen molar-refractivity contribution >= 4 is 0 Å². The van der Waals surface area contributed by atoms with Crippen LogP contribution in [-0.4, -0.2) is 0 Å². The van der Waals surface area contributed by atoms with E-state index < -0.39 is 0 Å². The molecule has 12 heavy (non-hydrogen) atoms. The Balaban J connectivity index is 1.95.